The number of sulfonamides is 1. The molecule has 0 aromatic heterocycles. The fourth-order valence-corrected chi connectivity index (χ4v) is 6.02. The van der Waals surface area contributed by atoms with Crippen molar-refractivity contribution in [2.24, 2.45) is 5.92 Å². The number of piperidine rings is 1. The van der Waals surface area contributed by atoms with E-state index >= 15 is 0 Å². The van der Waals surface area contributed by atoms with E-state index in [2.05, 4.69) is 16.5 Å². The molecule has 2 heterocycles. The summed E-state index contributed by atoms with van der Waals surface area (Å²) in [7, 11) is -2.06. The minimum Gasteiger partial charge on any atom is -0.385 e. The van der Waals surface area contributed by atoms with Gasteiger partial charge >= 0.3 is 0 Å². The highest BCUT2D eigenvalue weighted by Gasteiger charge is 2.43. The van der Waals surface area contributed by atoms with Crippen LogP contribution in [0.2, 0.25) is 0 Å². The van der Waals surface area contributed by atoms with Gasteiger partial charge in [-0.25, -0.2) is 13.1 Å². The molecule has 1 N–H and O–H groups in total. The number of ether oxygens (including phenoxy) is 1. The Bertz CT molecular complexity index is 794. The van der Waals surface area contributed by atoms with Gasteiger partial charge in [0.05, 0.1) is 10.4 Å². The number of benzene rings is 1. The number of rotatable bonds is 9. The molecule has 1 amide bonds. The molecule has 8 heteroatoms. The smallest absolute Gasteiger partial charge is 0.241 e. The minimum atomic E-state index is -3.67. The number of nitrogens with one attached hydrogen (secondary N) is 1. The van der Waals surface area contributed by atoms with E-state index < -0.39 is 15.6 Å². The predicted molar refractivity (Wildman–Crippen MR) is 117 cm³/mol. The lowest BCUT2D eigenvalue weighted by molar-refractivity contribution is -0.131. The van der Waals surface area contributed by atoms with E-state index in [0.29, 0.717) is 44.9 Å². The topological polar surface area (TPSA) is 79.0 Å². The summed E-state index contributed by atoms with van der Waals surface area (Å²) in [4.78, 5) is 17.5. The molecule has 1 unspecified atom stereocenters. The Morgan fingerprint density at radius 1 is 1.20 bits per heavy atom. The third-order valence-corrected chi connectivity index (χ3v) is 8.11. The second kappa shape index (κ2) is 10.2. The number of methoxy groups -OCH3 is 1. The summed E-state index contributed by atoms with van der Waals surface area (Å²) in [5.74, 6) is 0.568. The molecule has 2 saturated heterocycles. The predicted octanol–water partition coefficient (Wildman–Crippen LogP) is 2.09. The molecule has 0 saturated carbocycles. The van der Waals surface area contributed by atoms with Gasteiger partial charge in [-0.15, -0.1) is 0 Å². The zero-order chi connectivity index (χ0) is 21.6. The summed E-state index contributed by atoms with van der Waals surface area (Å²) in [5, 5.41) is 0. The van der Waals surface area contributed by atoms with Crippen LogP contribution >= 0.6 is 0 Å². The molecule has 2 fully saturated rings. The SMILES string of the molecule is CCN1CCC(CC(=O)N2CCC(CCOC)(NS(=O)(=O)c3ccccc3)C2)CC1. The molecule has 0 bridgehead atoms. The number of amides is 1. The van der Waals surface area contributed by atoms with Gasteiger partial charge in [0.1, 0.15) is 0 Å². The normalized spacial score (nSPS) is 23.7. The zero-order valence-electron chi connectivity index (χ0n) is 18.2. The van der Waals surface area contributed by atoms with Crippen molar-refractivity contribution in [1.29, 1.82) is 0 Å². The summed E-state index contributed by atoms with van der Waals surface area (Å²) in [6, 6.07) is 8.40. The van der Waals surface area contributed by atoms with Crippen LogP contribution in [0.15, 0.2) is 35.2 Å². The second-order valence-corrected chi connectivity index (χ2v) is 10.3. The van der Waals surface area contributed by atoms with E-state index in [-0.39, 0.29) is 10.8 Å². The Labute approximate surface area is 180 Å². The number of likely N-dealkylation sites (tertiary alicyclic amines) is 2. The standard InChI is InChI=1S/C22H35N3O4S/c1-3-24-13-9-19(10-14-24)17-21(26)25-15-11-22(18-25,12-16-29-2)23-30(27,28)20-7-5-4-6-8-20/h4-8,19,23H,3,9-18H2,1-2H3. The molecule has 1 aromatic rings. The van der Waals surface area contributed by atoms with Crippen LogP contribution in [-0.2, 0) is 19.6 Å². The van der Waals surface area contributed by atoms with Gasteiger partial charge in [-0.3, -0.25) is 4.79 Å². The number of carbonyl (C=O) groups excluding carboxylic acids is 1. The number of nitrogens with zero attached hydrogens (tertiary/aromatic N) is 2. The maximum atomic E-state index is 13.0. The molecule has 1 aromatic carbocycles. The van der Waals surface area contributed by atoms with Crippen LogP contribution in [0.3, 0.4) is 0 Å². The van der Waals surface area contributed by atoms with Crippen LogP contribution in [0.4, 0.5) is 0 Å². The highest BCUT2D eigenvalue weighted by Crippen LogP contribution is 2.29. The second-order valence-electron chi connectivity index (χ2n) is 8.59. The first-order valence-electron chi connectivity index (χ1n) is 11.0. The first-order valence-corrected chi connectivity index (χ1v) is 12.4. The van der Waals surface area contributed by atoms with E-state index in [0.717, 1.165) is 32.5 Å². The van der Waals surface area contributed by atoms with Gasteiger partial charge in [0.2, 0.25) is 15.9 Å². The average Bonchev–Trinajstić information content (AvgIpc) is 3.17. The van der Waals surface area contributed by atoms with Crippen LogP contribution in [0.1, 0.15) is 39.0 Å². The third-order valence-electron chi connectivity index (χ3n) is 6.51. The van der Waals surface area contributed by atoms with E-state index in [9.17, 15) is 13.2 Å². The molecular weight excluding hydrogens is 402 g/mol. The Hall–Kier alpha value is -1.48. The summed E-state index contributed by atoms with van der Waals surface area (Å²) in [5.41, 5.74) is -0.689. The fourth-order valence-electron chi connectivity index (χ4n) is 4.55. The van der Waals surface area contributed by atoms with Crippen molar-refractivity contribution in [3.63, 3.8) is 0 Å². The van der Waals surface area contributed by atoms with E-state index in [1.54, 1.807) is 37.4 Å². The van der Waals surface area contributed by atoms with Crippen LogP contribution in [0.5, 0.6) is 0 Å². The van der Waals surface area contributed by atoms with E-state index in [4.69, 9.17) is 4.74 Å². The monoisotopic (exact) mass is 437 g/mol. The van der Waals surface area contributed by atoms with Crippen molar-refractivity contribution in [2.45, 2.75) is 49.5 Å². The molecule has 0 spiro atoms. The summed E-state index contributed by atoms with van der Waals surface area (Å²) < 4.78 is 34.1. The summed E-state index contributed by atoms with van der Waals surface area (Å²) in [6.07, 6.45) is 3.81. The molecule has 0 aliphatic carbocycles. The molecule has 168 valence electrons. The third kappa shape index (κ3) is 5.81. The maximum Gasteiger partial charge on any atom is 0.241 e. The van der Waals surface area contributed by atoms with Gasteiger partial charge in [-0.05, 0) is 63.4 Å². The largest absolute Gasteiger partial charge is 0.385 e. The Kier molecular flexibility index (Phi) is 7.90. The van der Waals surface area contributed by atoms with Crippen LogP contribution < -0.4 is 4.72 Å². The van der Waals surface area contributed by atoms with Crippen molar-refractivity contribution in [1.82, 2.24) is 14.5 Å². The highest BCUT2D eigenvalue weighted by atomic mass is 32.2. The van der Waals surface area contributed by atoms with Gasteiger partial charge in [-0.1, -0.05) is 25.1 Å². The molecule has 3 rings (SSSR count). The molecule has 30 heavy (non-hydrogen) atoms. The average molecular weight is 438 g/mol. The van der Waals surface area contributed by atoms with Crippen molar-refractivity contribution in [2.75, 3.05) is 46.4 Å². The lowest BCUT2D eigenvalue weighted by Crippen LogP contribution is -2.51. The van der Waals surface area contributed by atoms with Gasteiger partial charge < -0.3 is 14.5 Å². The number of hydrogen-bond acceptors (Lipinski definition) is 5. The van der Waals surface area contributed by atoms with Crippen LogP contribution in [0.25, 0.3) is 0 Å². The number of carbonyl (C=O) groups is 1. The fraction of sp³-hybridized carbons (Fsp3) is 0.682. The molecule has 7 nitrogen and oxygen atoms in total. The van der Waals surface area contributed by atoms with Crippen molar-refractivity contribution in [3.05, 3.63) is 30.3 Å². The minimum absolute atomic E-state index is 0.142. The van der Waals surface area contributed by atoms with Crippen molar-refractivity contribution >= 4 is 15.9 Å². The molecule has 0 radical (unpaired) electrons. The first kappa shape index (κ1) is 23.2. The Balaban J connectivity index is 1.64. The maximum absolute atomic E-state index is 13.0. The van der Waals surface area contributed by atoms with E-state index in [1.807, 2.05) is 4.90 Å². The van der Waals surface area contributed by atoms with E-state index in [1.165, 1.54) is 0 Å². The molecule has 2 aliphatic rings. The van der Waals surface area contributed by atoms with Gasteiger partial charge in [0.15, 0.2) is 0 Å². The molecule has 1 atom stereocenters. The van der Waals surface area contributed by atoms with Gasteiger partial charge in [0.25, 0.3) is 0 Å². The van der Waals surface area contributed by atoms with Crippen molar-refractivity contribution < 1.29 is 17.9 Å². The zero-order valence-corrected chi connectivity index (χ0v) is 19.0. The first-order chi connectivity index (χ1) is 14.4. The number of hydrogen-bond donors (Lipinski definition) is 1. The summed E-state index contributed by atoms with van der Waals surface area (Å²) >= 11 is 0. The Morgan fingerprint density at radius 3 is 2.53 bits per heavy atom. The summed E-state index contributed by atoms with van der Waals surface area (Å²) in [6.45, 7) is 6.77. The van der Waals surface area contributed by atoms with Gasteiger partial charge in [0, 0.05) is 33.2 Å². The quantitative estimate of drug-likeness (QED) is 0.640. The van der Waals surface area contributed by atoms with Gasteiger partial charge in [-0.2, -0.15) is 0 Å². The van der Waals surface area contributed by atoms with Crippen LogP contribution in [0, 0.1) is 5.92 Å². The lowest BCUT2D eigenvalue weighted by atomic mass is 9.93. The highest BCUT2D eigenvalue weighted by molar-refractivity contribution is 7.89. The van der Waals surface area contributed by atoms with Crippen LogP contribution in [-0.4, -0.2) is 76.1 Å². The Morgan fingerprint density at radius 2 is 1.90 bits per heavy atom. The lowest BCUT2D eigenvalue weighted by Gasteiger charge is -2.32. The molecular formula is C22H35N3O4S. The molecule has 2 aliphatic heterocycles. The van der Waals surface area contributed by atoms with Crippen molar-refractivity contribution in [3.8, 4) is 0 Å².